The fourth-order valence-electron chi connectivity index (χ4n) is 4.51. The molecule has 1 fully saturated rings. The lowest BCUT2D eigenvalue weighted by molar-refractivity contribution is -0.124. The van der Waals surface area contributed by atoms with Gasteiger partial charge in [0, 0.05) is 31.2 Å². The molecule has 0 saturated carbocycles. The summed E-state index contributed by atoms with van der Waals surface area (Å²) in [4.78, 5) is 28.5. The van der Waals surface area contributed by atoms with Gasteiger partial charge in [0.05, 0.1) is 0 Å². The molecule has 3 aromatic rings. The molecule has 0 radical (unpaired) electrons. The zero-order valence-electron chi connectivity index (χ0n) is 19.5. The van der Waals surface area contributed by atoms with Gasteiger partial charge in [-0.25, -0.2) is 0 Å². The van der Waals surface area contributed by atoms with Crippen LogP contribution in [-0.2, 0) is 11.3 Å². The van der Waals surface area contributed by atoms with E-state index >= 15 is 0 Å². The highest BCUT2D eigenvalue weighted by molar-refractivity contribution is 6.00. The van der Waals surface area contributed by atoms with Gasteiger partial charge in [-0.2, -0.15) is 0 Å². The summed E-state index contributed by atoms with van der Waals surface area (Å²) in [5.74, 6) is -0.0149. The lowest BCUT2D eigenvalue weighted by Gasteiger charge is -2.23. The fraction of sp³-hybridized carbons (Fsp3) is 0.357. The zero-order chi connectivity index (χ0) is 23.2. The zero-order valence-corrected chi connectivity index (χ0v) is 19.5. The number of nitrogens with one attached hydrogen (secondary N) is 2. The van der Waals surface area contributed by atoms with E-state index in [4.69, 9.17) is 0 Å². The normalized spacial score (nSPS) is 17.2. The predicted octanol–water partition coefficient (Wildman–Crippen LogP) is 4.38. The van der Waals surface area contributed by atoms with Crippen LogP contribution in [-0.4, -0.2) is 41.9 Å². The van der Waals surface area contributed by atoms with Crippen molar-refractivity contribution in [1.29, 1.82) is 0 Å². The van der Waals surface area contributed by atoms with E-state index < -0.39 is 6.04 Å². The summed E-state index contributed by atoms with van der Waals surface area (Å²) in [7, 11) is 0. The number of hydrogen-bond donors (Lipinski definition) is 2. The number of carbonyl (C=O) groups is 2. The second-order valence-electron chi connectivity index (χ2n) is 9.43. The van der Waals surface area contributed by atoms with E-state index in [1.807, 2.05) is 48.5 Å². The smallest absolute Gasteiger partial charge is 0.251 e. The van der Waals surface area contributed by atoms with Gasteiger partial charge < -0.3 is 10.6 Å². The molecule has 0 spiro atoms. The number of likely N-dealkylation sites (tertiary alicyclic amines) is 1. The Balaban J connectivity index is 1.37. The highest BCUT2D eigenvalue weighted by atomic mass is 16.2. The molecule has 2 N–H and O–H groups in total. The molecular weight excluding hydrogens is 410 g/mol. The lowest BCUT2D eigenvalue weighted by atomic mass is 10.0. The first-order valence-electron chi connectivity index (χ1n) is 11.8. The van der Waals surface area contributed by atoms with Crippen molar-refractivity contribution in [3.05, 3.63) is 83.9 Å². The van der Waals surface area contributed by atoms with Gasteiger partial charge in [0.25, 0.3) is 5.91 Å². The van der Waals surface area contributed by atoms with E-state index in [0.29, 0.717) is 12.0 Å². The average molecular weight is 444 g/mol. The van der Waals surface area contributed by atoms with E-state index in [2.05, 4.69) is 53.6 Å². The molecule has 1 unspecified atom stereocenters. The highest BCUT2D eigenvalue weighted by Gasteiger charge is 2.28. The summed E-state index contributed by atoms with van der Waals surface area (Å²) < 4.78 is 0. The van der Waals surface area contributed by atoms with E-state index in [0.717, 1.165) is 36.8 Å². The minimum atomic E-state index is -0.549. The first kappa shape index (κ1) is 23.0. The van der Waals surface area contributed by atoms with Crippen LogP contribution in [0.4, 0.5) is 0 Å². The van der Waals surface area contributed by atoms with Crippen molar-refractivity contribution < 1.29 is 9.59 Å². The van der Waals surface area contributed by atoms with E-state index in [1.165, 1.54) is 5.56 Å². The van der Waals surface area contributed by atoms with Crippen LogP contribution in [0.25, 0.3) is 10.8 Å². The Morgan fingerprint density at radius 1 is 0.970 bits per heavy atom. The molecule has 5 nitrogen and oxygen atoms in total. The van der Waals surface area contributed by atoms with Crippen LogP contribution in [0.5, 0.6) is 0 Å². The van der Waals surface area contributed by atoms with Crippen LogP contribution in [0.3, 0.4) is 0 Å². The molecule has 3 aromatic carbocycles. The van der Waals surface area contributed by atoms with Crippen LogP contribution >= 0.6 is 0 Å². The minimum absolute atomic E-state index is 0.0931. The van der Waals surface area contributed by atoms with E-state index in [-0.39, 0.29) is 23.8 Å². The van der Waals surface area contributed by atoms with Gasteiger partial charge in [-0.3, -0.25) is 14.5 Å². The Morgan fingerprint density at radius 3 is 2.45 bits per heavy atom. The van der Waals surface area contributed by atoms with Gasteiger partial charge in [-0.1, -0.05) is 74.5 Å². The number of rotatable bonds is 8. The van der Waals surface area contributed by atoms with Crippen LogP contribution in [0.2, 0.25) is 0 Å². The molecule has 1 heterocycles. The summed E-state index contributed by atoms with van der Waals surface area (Å²) in [5, 5.41) is 8.28. The van der Waals surface area contributed by atoms with Crippen LogP contribution in [0.15, 0.2) is 72.8 Å². The molecular formula is C28H33N3O2. The topological polar surface area (TPSA) is 61.4 Å². The van der Waals surface area contributed by atoms with Crippen molar-refractivity contribution in [2.24, 2.45) is 5.92 Å². The number of benzene rings is 3. The molecule has 2 atom stereocenters. The van der Waals surface area contributed by atoms with Crippen LogP contribution < -0.4 is 10.6 Å². The first-order chi connectivity index (χ1) is 16.0. The lowest BCUT2D eigenvalue weighted by Crippen LogP contribution is -2.50. The average Bonchev–Trinajstić information content (AvgIpc) is 3.25. The molecule has 5 heteroatoms. The summed E-state index contributed by atoms with van der Waals surface area (Å²) in [5.41, 5.74) is 1.86. The van der Waals surface area contributed by atoms with Gasteiger partial charge in [-0.15, -0.1) is 0 Å². The molecule has 1 aliphatic rings. The quantitative estimate of drug-likeness (QED) is 0.543. The number of nitrogens with zero attached hydrogens (tertiary/aromatic N) is 1. The van der Waals surface area contributed by atoms with Crippen LogP contribution in [0, 0.1) is 5.92 Å². The van der Waals surface area contributed by atoms with Crippen molar-refractivity contribution in [2.45, 2.75) is 45.3 Å². The third-order valence-corrected chi connectivity index (χ3v) is 6.21. The molecule has 172 valence electrons. The van der Waals surface area contributed by atoms with Crippen molar-refractivity contribution in [3.63, 3.8) is 0 Å². The van der Waals surface area contributed by atoms with Crippen molar-refractivity contribution in [2.75, 3.05) is 13.1 Å². The Morgan fingerprint density at radius 2 is 1.70 bits per heavy atom. The fourth-order valence-corrected chi connectivity index (χ4v) is 4.51. The largest absolute Gasteiger partial charge is 0.350 e. The summed E-state index contributed by atoms with van der Waals surface area (Å²) in [6.45, 7) is 6.81. The number of amides is 2. The number of carbonyl (C=O) groups excluding carboxylic acids is 2. The van der Waals surface area contributed by atoms with Crippen LogP contribution in [0.1, 0.15) is 42.6 Å². The SMILES string of the molecule is CC(C)C[C@H](NC(=O)c1ccc2ccccc2c1)C(=O)NC1CCN(Cc2ccccc2)C1. The molecule has 1 aliphatic heterocycles. The van der Waals surface area contributed by atoms with Gasteiger partial charge in [0.2, 0.25) is 5.91 Å². The Kier molecular flexibility index (Phi) is 7.40. The molecule has 33 heavy (non-hydrogen) atoms. The summed E-state index contributed by atoms with van der Waals surface area (Å²) in [6.07, 6.45) is 1.52. The van der Waals surface area contributed by atoms with Gasteiger partial charge in [0.1, 0.15) is 6.04 Å². The molecule has 0 bridgehead atoms. The Bertz CT molecular complexity index is 1100. The van der Waals surface area contributed by atoms with Crippen molar-refractivity contribution in [1.82, 2.24) is 15.5 Å². The van der Waals surface area contributed by atoms with Gasteiger partial charge in [0.15, 0.2) is 0 Å². The second kappa shape index (κ2) is 10.6. The molecule has 4 rings (SSSR count). The monoisotopic (exact) mass is 443 g/mol. The molecule has 2 amide bonds. The maximum atomic E-state index is 13.1. The second-order valence-corrected chi connectivity index (χ2v) is 9.43. The van der Waals surface area contributed by atoms with Gasteiger partial charge >= 0.3 is 0 Å². The molecule has 0 aromatic heterocycles. The maximum absolute atomic E-state index is 13.1. The van der Waals surface area contributed by atoms with Crippen molar-refractivity contribution in [3.8, 4) is 0 Å². The molecule has 1 saturated heterocycles. The highest BCUT2D eigenvalue weighted by Crippen LogP contribution is 2.17. The van der Waals surface area contributed by atoms with Gasteiger partial charge in [-0.05, 0) is 47.2 Å². The molecule has 0 aliphatic carbocycles. The Hall–Kier alpha value is -3.18. The standard InChI is InChI=1S/C28H33N3O2/c1-20(2)16-26(30-27(32)24-13-12-22-10-6-7-11-23(22)17-24)28(33)29-25-14-15-31(19-25)18-21-8-4-3-5-9-21/h3-13,17,20,25-26H,14-16,18-19H2,1-2H3,(H,29,33)(H,30,32)/t25?,26-/m0/s1. The summed E-state index contributed by atoms with van der Waals surface area (Å²) in [6, 6.07) is 23.6. The predicted molar refractivity (Wildman–Crippen MR) is 133 cm³/mol. The summed E-state index contributed by atoms with van der Waals surface area (Å²) >= 11 is 0. The number of fused-ring (bicyclic) bond motifs is 1. The third kappa shape index (κ3) is 6.20. The maximum Gasteiger partial charge on any atom is 0.251 e. The minimum Gasteiger partial charge on any atom is -0.350 e. The first-order valence-corrected chi connectivity index (χ1v) is 11.8. The van der Waals surface area contributed by atoms with E-state index in [1.54, 1.807) is 0 Å². The third-order valence-electron chi connectivity index (χ3n) is 6.21. The van der Waals surface area contributed by atoms with Crippen molar-refractivity contribution >= 4 is 22.6 Å². The van der Waals surface area contributed by atoms with E-state index in [9.17, 15) is 9.59 Å². The number of hydrogen-bond acceptors (Lipinski definition) is 3. The Labute approximate surface area is 196 Å².